The summed E-state index contributed by atoms with van der Waals surface area (Å²) in [6, 6.07) is 13.9. The number of carbonyl (C=O) groups is 1. The SMILES string of the molecule is Cc1cccc(C(=O)O)c1N=CC(C)Cc1ccc(C(C)(C)C)cc1. The van der Waals surface area contributed by atoms with Crippen LogP contribution in [-0.2, 0) is 11.8 Å². The van der Waals surface area contributed by atoms with E-state index in [9.17, 15) is 9.90 Å². The Morgan fingerprint density at radius 1 is 1.16 bits per heavy atom. The Kier molecular flexibility index (Phi) is 5.78. The van der Waals surface area contributed by atoms with E-state index in [0.717, 1.165) is 12.0 Å². The van der Waals surface area contributed by atoms with Gasteiger partial charge in [-0.15, -0.1) is 0 Å². The van der Waals surface area contributed by atoms with E-state index in [1.807, 2.05) is 19.2 Å². The quantitative estimate of drug-likeness (QED) is 0.725. The molecule has 0 fully saturated rings. The lowest BCUT2D eigenvalue weighted by Crippen LogP contribution is -2.11. The molecule has 0 amide bonds. The number of carboxylic acids is 1. The molecule has 0 aliphatic heterocycles. The molecule has 0 saturated heterocycles. The molecule has 0 heterocycles. The molecule has 0 aliphatic rings. The minimum atomic E-state index is -0.943. The molecule has 0 aromatic heterocycles. The second-order valence-electron chi connectivity index (χ2n) is 7.68. The number of nitrogens with zero attached hydrogens (tertiary/aromatic N) is 1. The van der Waals surface area contributed by atoms with Crippen LogP contribution in [0.3, 0.4) is 0 Å². The van der Waals surface area contributed by atoms with Gasteiger partial charge in [0.2, 0.25) is 0 Å². The second kappa shape index (κ2) is 7.64. The van der Waals surface area contributed by atoms with Crippen LogP contribution in [0.15, 0.2) is 47.5 Å². The number of aromatic carboxylic acids is 1. The van der Waals surface area contributed by atoms with E-state index in [1.165, 1.54) is 11.1 Å². The van der Waals surface area contributed by atoms with Crippen molar-refractivity contribution in [1.82, 2.24) is 0 Å². The van der Waals surface area contributed by atoms with Crippen LogP contribution in [0.1, 0.15) is 54.7 Å². The lowest BCUT2D eigenvalue weighted by atomic mass is 9.86. The highest BCUT2D eigenvalue weighted by atomic mass is 16.4. The fraction of sp³-hybridized carbons (Fsp3) is 0.364. The standard InChI is InChI=1S/C22H27NO2/c1-15(13-17-9-11-18(12-10-17)22(3,4)5)14-23-20-16(2)7-6-8-19(20)21(24)25/h6-12,14-15H,13H2,1-5H3,(H,24,25). The average molecular weight is 337 g/mol. The maximum absolute atomic E-state index is 11.3. The fourth-order valence-electron chi connectivity index (χ4n) is 2.77. The highest BCUT2D eigenvalue weighted by Crippen LogP contribution is 2.25. The first-order valence-corrected chi connectivity index (χ1v) is 8.65. The van der Waals surface area contributed by atoms with Crippen molar-refractivity contribution in [3.05, 3.63) is 64.7 Å². The molecule has 0 bridgehead atoms. The number of carboxylic acid groups (broad SMARTS) is 1. The van der Waals surface area contributed by atoms with Crippen LogP contribution < -0.4 is 0 Å². The smallest absolute Gasteiger partial charge is 0.337 e. The van der Waals surface area contributed by atoms with Crippen molar-refractivity contribution in [3.8, 4) is 0 Å². The Morgan fingerprint density at radius 2 is 1.80 bits per heavy atom. The zero-order valence-electron chi connectivity index (χ0n) is 15.7. The third-order valence-corrected chi connectivity index (χ3v) is 4.30. The molecule has 3 nitrogen and oxygen atoms in total. The van der Waals surface area contributed by atoms with Crippen LogP contribution in [0.2, 0.25) is 0 Å². The lowest BCUT2D eigenvalue weighted by molar-refractivity contribution is 0.0697. The van der Waals surface area contributed by atoms with Gasteiger partial charge in [-0.25, -0.2) is 4.79 Å². The summed E-state index contributed by atoms with van der Waals surface area (Å²) in [5.74, 6) is -0.719. The van der Waals surface area contributed by atoms with Crippen LogP contribution >= 0.6 is 0 Å². The largest absolute Gasteiger partial charge is 0.478 e. The van der Waals surface area contributed by atoms with E-state index in [0.29, 0.717) is 5.69 Å². The first-order valence-electron chi connectivity index (χ1n) is 8.65. The number of aliphatic imine (C=N–C) groups is 1. The summed E-state index contributed by atoms with van der Waals surface area (Å²) in [5.41, 5.74) is 4.41. The van der Waals surface area contributed by atoms with Crippen LogP contribution in [0.25, 0.3) is 0 Å². The average Bonchev–Trinajstić information content (AvgIpc) is 2.53. The lowest BCUT2D eigenvalue weighted by Gasteiger charge is -2.19. The van der Waals surface area contributed by atoms with Crippen molar-refractivity contribution in [1.29, 1.82) is 0 Å². The van der Waals surface area contributed by atoms with E-state index in [4.69, 9.17) is 0 Å². The van der Waals surface area contributed by atoms with Gasteiger partial charge in [-0.2, -0.15) is 0 Å². The zero-order valence-corrected chi connectivity index (χ0v) is 15.7. The van der Waals surface area contributed by atoms with Crippen molar-refractivity contribution in [2.45, 2.75) is 46.5 Å². The molecular formula is C22H27NO2. The minimum Gasteiger partial charge on any atom is -0.478 e. The van der Waals surface area contributed by atoms with Gasteiger partial charge in [0.05, 0.1) is 11.3 Å². The van der Waals surface area contributed by atoms with Gasteiger partial charge < -0.3 is 5.11 Å². The summed E-state index contributed by atoms with van der Waals surface area (Å²) >= 11 is 0. The summed E-state index contributed by atoms with van der Waals surface area (Å²) in [6.07, 6.45) is 2.73. The van der Waals surface area contributed by atoms with E-state index >= 15 is 0 Å². The molecule has 1 atom stereocenters. The number of hydrogen-bond acceptors (Lipinski definition) is 2. The summed E-state index contributed by atoms with van der Waals surface area (Å²) in [4.78, 5) is 15.8. The molecule has 0 saturated carbocycles. The zero-order chi connectivity index (χ0) is 18.6. The molecule has 3 heteroatoms. The van der Waals surface area contributed by atoms with Gasteiger partial charge >= 0.3 is 5.97 Å². The molecule has 0 spiro atoms. The van der Waals surface area contributed by atoms with Crippen molar-refractivity contribution in [2.24, 2.45) is 10.9 Å². The number of rotatable bonds is 5. The van der Waals surface area contributed by atoms with Crippen molar-refractivity contribution in [3.63, 3.8) is 0 Å². The molecular weight excluding hydrogens is 310 g/mol. The summed E-state index contributed by atoms with van der Waals surface area (Å²) in [6.45, 7) is 10.6. The third kappa shape index (κ3) is 5.02. The van der Waals surface area contributed by atoms with Crippen LogP contribution in [0, 0.1) is 12.8 Å². The van der Waals surface area contributed by atoms with E-state index < -0.39 is 5.97 Å². The molecule has 0 radical (unpaired) electrons. The first kappa shape index (κ1) is 18.9. The number of para-hydroxylation sites is 1. The number of benzene rings is 2. The monoisotopic (exact) mass is 337 g/mol. The topological polar surface area (TPSA) is 49.7 Å². The van der Waals surface area contributed by atoms with Crippen LogP contribution in [0.5, 0.6) is 0 Å². The fourth-order valence-corrected chi connectivity index (χ4v) is 2.77. The van der Waals surface area contributed by atoms with Crippen molar-refractivity contribution < 1.29 is 9.90 Å². The van der Waals surface area contributed by atoms with Gasteiger partial charge in [0.1, 0.15) is 0 Å². The maximum Gasteiger partial charge on any atom is 0.337 e. The van der Waals surface area contributed by atoms with Gasteiger partial charge in [0, 0.05) is 6.21 Å². The second-order valence-corrected chi connectivity index (χ2v) is 7.68. The Balaban J connectivity index is 2.12. The van der Waals surface area contributed by atoms with Gasteiger partial charge in [0.15, 0.2) is 0 Å². The van der Waals surface area contributed by atoms with Crippen LogP contribution in [0.4, 0.5) is 5.69 Å². The van der Waals surface area contributed by atoms with Crippen molar-refractivity contribution in [2.75, 3.05) is 0 Å². The summed E-state index contributed by atoms with van der Waals surface area (Å²) in [7, 11) is 0. The Hall–Kier alpha value is -2.42. The summed E-state index contributed by atoms with van der Waals surface area (Å²) in [5, 5.41) is 9.31. The van der Waals surface area contributed by atoms with E-state index in [2.05, 4.69) is 57.0 Å². The van der Waals surface area contributed by atoms with Gasteiger partial charge in [0.25, 0.3) is 0 Å². The molecule has 0 aliphatic carbocycles. The van der Waals surface area contributed by atoms with E-state index in [-0.39, 0.29) is 16.9 Å². The summed E-state index contributed by atoms with van der Waals surface area (Å²) < 4.78 is 0. The molecule has 132 valence electrons. The Morgan fingerprint density at radius 3 is 2.36 bits per heavy atom. The Bertz CT molecular complexity index is 768. The van der Waals surface area contributed by atoms with E-state index in [1.54, 1.807) is 12.1 Å². The molecule has 2 aromatic carbocycles. The predicted molar refractivity (Wildman–Crippen MR) is 104 cm³/mol. The highest BCUT2D eigenvalue weighted by molar-refractivity contribution is 5.95. The molecule has 2 aromatic rings. The maximum atomic E-state index is 11.3. The molecule has 1 unspecified atom stereocenters. The molecule has 25 heavy (non-hydrogen) atoms. The first-order chi connectivity index (χ1) is 11.7. The normalized spacial score (nSPS) is 13.2. The van der Waals surface area contributed by atoms with Gasteiger partial charge in [-0.05, 0) is 47.4 Å². The molecule has 1 N–H and O–H groups in total. The van der Waals surface area contributed by atoms with Gasteiger partial charge in [-0.3, -0.25) is 4.99 Å². The van der Waals surface area contributed by atoms with Crippen molar-refractivity contribution >= 4 is 17.9 Å². The van der Waals surface area contributed by atoms with Crippen LogP contribution in [-0.4, -0.2) is 17.3 Å². The highest BCUT2D eigenvalue weighted by Gasteiger charge is 2.13. The predicted octanol–water partition coefficient (Wildman–Crippen LogP) is 5.57. The van der Waals surface area contributed by atoms with Gasteiger partial charge in [-0.1, -0.05) is 64.1 Å². The Labute approximate surface area is 150 Å². The molecule has 2 rings (SSSR count). The third-order valence-electron chi connectivity index (χ3n) is 4.30. The number of hydrogen-bond donors (Lipinski definition) is 1. The number of aryl methyl sites for hydroxylation is 1. The minimum absolute atomic E-state index is 0.156.